The molecule has 0 aliphatic heterocycles. The third-order valence-electron chi connectivity index (χ3n) is 3.63. The number of nitrogens with one attached hydrogen (secondary N) is 1. The van der Waals surface area contributed by atoms with Gasteiger partial charge in [0, 0.05) is 6.07 Å². The Morgan fingerprint density at radius 3 is 2.63 bits per heavy atom. The third-order valence-corrected chi connectivity index (χ3v) is 3.63. The number of anilines is 1. The van der Waals surface area contributed by atoms with Crippen LogP contribution in [0.2, 0.25) is 0 Å². The number of amides is 1. The Hall–Kier alpha value is -3.61. The molecule has 1 heterocycles. The molecular weight excluding hydrogens is 350 g/mol. The molecule has 0 bridgehead atoms. The van der Waals surface area contributed by atoms with E-state index in [1.54, 1.807) is 48.5 Å². The normalized spacial score (nSPS) is 10.4. The maximum Gasteiger partial charge on any atom is 0.374 e. The maximum atomic E-state index is 12.1. The maximum absolute atomic E-state index is 12.1. The Balaban J connectivity index is 1.66. The van der Waals surface area contributed by atoms with Crippen molar-refractivity contribution in [2.24, 2.45) is 0 Å². The van der Waals surface area contributed by atoms with E-state index < -0.39 is 18.5 Å². The van der Waals surface area contributed by atoms with Gasteiger partial charge in [0.25, 0.3) is 5.91 Å². The fourth-order valence-corrected chi connectivity index (χ4v) is 2.44. The van der Waals surface area contributed by atoms with E-state index in [0.29, 0.717) is 23.4 Å². The van der Waals surface area contributed by atoms with Crippen molar-refractivity contribution in [3.05, 3.63) is 70.6 Å². The zero-order valence-electron chi connectivity index (χ0n) is 14.6. The highest BCUT2D eigenvalue weighted by Crippen LogP contribution is 2.23. The minimum absolute atomic E-state index is 0.263. The van der Waals surface area contributed by atoms with Crippen LogP contribution in [0, 0.1) is 0 Å². The SMILES string of the molecule is CCOc1ccccc1NC(=O)COC(=O)c1cc(=O)c2ccccc2o1. The molecule has 0 aliphatic rings. The molecule has 0 radical (unpaired) electrons. The highest BCUT2D eigenvalue weighted by atomic mass is 16.5. The average molecular weight is 367 g/mol. The van der Waals surface area contributed by atoms with Crippen molar-refractivity contribution in [3.8, 4) is 5.75 Å². The van der Waals surface area contributed by atoms with Crippen molar-refractivity contribution >= 4 is 28.5 Å². The smallest absolute Gasteiger partial charge is 0.374 e. The summed E-state index contributed by atoms with van der Waals surface area (Å²) in [5, 5.41) is 2.97. The molecule has 27 heavy (non-hydrogen) atoms. The van der Waals surface area contributed by atoms with E-state index in [4.69, 9.17) is 13.9 Å². The van der Waals surface area contributed by atoms with Crippen molar-refractivity contribution in [2.45, 2.75) is 6.92 Å². The van der Waals surface area contributed by atoms with E-state index in [1.165, 1.54) is 0 Å². The van der Waals surface area contributed by atoms with Gasteiger partial charge in [0.2, 0.25) is 5.76 Å². The predicted octanol–water partition coefficient (Wildman–Crippen LogP) is 2.99. The van der Waals surface area contributed by atoms with E-state index in [1.807, 2.05) is 6.92 Å². The molecule has 0 spiro atoms. The fraction of sp³-hybridized carbons (Fsp3) is 0.150. The first kappa shape index (κ1) is 18.2. The predicted molar refractivity (Wildman–Crippen MR) is 99.0 cm³/mol. The van der Waals surface area contributed by atoms with Gasteiger partial charge in [-0.05, 0) is 31.2 Å². The Morgan fingerprint density at radius 1 is 1.07 bits per heavy atom. The average Bonchev–Trinajstić information content (AvgIpc) is 2.68. The molecule has 0 aliphatic carbocycles. The van der Waals surface area contributed by atoms with Crippen LogP contribution in [0.1, 0.15) is 17.5 Å². The lowest BCUT2D eigenvalue weighted by Gasteiger charge is -2.11. The van der Waals surface area contributed by atoms with E-state index in [2.05, 4.69) is 5.32 Å². The Kier molecular flexibility index (Phi) is 5.51. The second-order valence-electron chi connectivity index (χ2n) is 5.52. The van der Waals surface area contributed by atoms with Gasteiger partial charge in [0.15, 0.2) is 12.0 Å². The van der Waals surface area contributed by atoms with Crippen LogP contribution in [0.25, 0.3) is 11.0 Å². The molecule has 0 fully saturated rings. The molecule has 0 saturated heterocycles. The number of esters is 1. The lowest BCUT2D eigenvalue weighted by molar-refractivity contribution is -0.119. The first-order chi connectivity index (χ1) is 13.1. The molecule has 1 aromatic heterocycles. The molecule has 0 atom stereocenters. The third kappa shape index (κ3) is 4.33. The second-order valence-corrected chi connectivity index (χ2v) is 5.52. The zero-order chi connectivity index (χ0) is 19.2. The van der Waals surface area contributed by atoms with Crippen molar-refractivity contribution in [1.29, 1.82) is 0 Å². The van der Waals surface area contributed by atoms with Gasteiger partial charge in [0.05, 0.1) is 17.7 Å². The number of carbonyl (C=O) groups excluding carboxylic acids is 2. The highest BCUT2D eigenvalue weighted by Gasteiger charge is 2.16. The summed E-state index contributed by atoms with van der Waals surface area (Å²) in [4.78, 5) is 36.2. The molecule has 0 unspecified atom stereocenters. The largest absolute Gasteiger partial charge is 0.492 e. The van der Waals surface area contributed by atoms with Gasteiger partial charge < -0.3 is 19.2 Å². The zero-order valence-corrected chi connectivity index (χ0v) is 14.6. The van der Waals surface area contributed by atoms with E-state index in [9.17, 15) is 14.4 Å². The van der Waals surface area contributed by atoms with Crippen LogP contribution < -0.4 is 15.5 Å². The lowest BCUT2D eigenvalue weighted by Crippen LogP contribution is -2.21. The fourth-order valence-electron chi connectivity index (χ4n) is 2.44. The van der Waals surface area contributed by atoms with Crippen molar-refractivity contribution in [3.63, 3.8) is 0 Å². The van der Waals surface area contributed by atoms with Crippen LogP contribution in [0.5, 0.6) is 5.75 Å². The monoisotopic (exact) mass is 367 g/mol. The van der Waals surface area contributed by atoms with E-state index in [0.717, 1.165) is 6.07 Å². The Labute approximate surface area is 154 Å². The van der Waals surface area contributed by atoms with Crippen LogP contribution in [0.3, 0.4) is 0 Å². The molecule has 0 saturated carbocycles. The molecule has 1 amide bonds. The van der Waals surface area contributed by atoms with Crippen molar-refractivity contribution in [2.75, 3.05) is 18.5 Å². The summed E-state index contributed by atoms with van der Waals surface area (Å²) in [6.45, 7) is 1.75. The minimum Gasteiger partial charge on any atom is -0.492 e. The summed E-state index contributed by atoms with van der Waals surface area (Å²) in [6, 6.07) is 14.5. The molecule has 2 aromatic carbocycles. The van der Waals surface area contributed by atoms with Crippen LogP contribution >= 0.6 is 0 Å². The van der Waals surface area contributed by atoms with Gasteiger partial charge in [-0.1, -0.05) is 24.3 Å². The lowest BCUT2D eigenvalue weighted by atomic mass is 10.2. The number of rotatable bonds is 6. The van der Waals surface area contributed by atoms with Gasteiger partial charge >= 0.3 is 5.97 Å². The van der Waals surface area contributed by atoms with Crippen LogP contribution in [0.4, 0.5) is 5.69 Å². The van der Waals surface area contributed by atoms with Crippen LogP contribution in [-0.2, 0) is 9.53 Å². The summed E-state index contributed by atoms with van der Waals surface area (Å²) in [7, 11) is 0. The number of ether oxygens (including phenoxy) is 2. The summed E-state index contributed by atoms with van der Waals surface area (Å²) in [5.41, 5.74) is 0.378. The molecule has 138 valence electrons. The topological polar surface area (TPSA) is 94.8 Å². The number of hydrogen-bond acceptors (Lipinski definition) is 6. The molecule has 1 N–H and O–H groups in total. The van der Waals surface area contributed by atoms with E-state index in [-0.39, 0.29) is 16.8 Å². The second kappa shape index (κ2) is 8.18. The van der Waals surface area contributed by atoms with Gasteiger partial charge in [-0.3, -0.25) is 9.59 Å². The number of carbonyl (C=O) groups is 2. The first-order valence-corrected chi connectivity index (χ1v) is 8.30. The van der Waals surface area contributed by atoms with Gasteiger partial charge in [0.1, 0.15) is 11.3 Å². The number of fused-ring (bicyclic) bond motifs is 1. The van der Waals surface area contributed by atoms with E-state index >= 15 is 0 Å². The highest BCUT2D eigenvalue weighted by molar-refractivity contribution is 5.96. The molecule has 3 aromatic rings. The van der Waals surface area contributed by atoms with Gasteiger partial charge in [-0.25, -0.2) is 4.79 Å². The minimum atomic E-state index is -0.897. The van der Waals surface area contributed by atoms with Crippen molar-refractivity contribution in [1.82, 2.24) is 0 Å². The summed E-state index contributed by atoms with van der Waals surface area (Å²) < 4.78 is 15.7. The number of para-hydroxylation sites is 3. The Morgan fingerprint density at radius 2 is 1.81 bits per heavy atom. The standard InChI is InChI=1S/C20H17NO6/c1-2-25-17-10-6-4-8-14(17)21-19(23)12-26-20(24)18-11-15(22)13-7-3-5-9-16(13)27-18/h3-11H,2,12H2,1H3,(H,21,23). The number of benzene rings is 2. The number of hydrogen-bond donors (Lipinski definition) is 1. The summed E-state index contributed by atoms with van der Waals surface area (Å²) >= 11 is 0. The van der Waals surface area contributed by atoms with Crippen LogP contribution in [-0.4, -0.2) is 25.1 Å². The molecule has 3 rings (SSSR count). The van der Waals surface area contributed by atoms with Crippen LogP contribution in [0.15, 0.2) is 63.8 Å². The molecule has 7 heteroatoms. The quantitative estimate of drug-likeness (QED) is 0.673. The summed E-state index contributed by atoms with van der Waals surface area (Å²) in [6.07, 6.45) is 0. The molecular formula is C20H17NO6. The van der Waals surface area contributed by atoms with Crippen molar-refractivity contribution < 1.29 is 23.5 Å². The Bertz CT molecular complexity index is 1040. The van der Waals surface area contributed by atoms with Gasteiger partial charge in [-0.2, -0.15) is 0 Å². The van der Waals surface area contributed by atoms with Gasteiger partial charge in [-0.15, -0.1) is 0 Å². The molecule has 7 nitrogen and oxygen atoms in total. The summed E-state index contributed by atoms with van der Waals surface area (Å²) in [5.74, 6) is -1.19. The first-order valence-electron chi connectivity index (χ1n) is 8.30.